The van der Waals surface area contributed by atoms with E-state index in [1.165, 1.54) is 6.07 Å². The molecule has 4 N–H and O–H groups in total. The first-order valence-electron chi connectivity index (χ1n) is 12.0. The van der Waals surface area contributed by atoms with Crippen LogP contribution < -0.4 is 15.4 Å². The Morgan fingerprint density at radius 3 is 2.35 bits per heavy atom. The lowest BCUT2D eigenvalue weighted by molar-refractivity contribution is 0.0948. The molecule has 0 atom stereocenters. The summed E-state index contributed by atoms with van der Waals surface area (Å²) in [6.07, 6.45) is 0.520. The number of aromatic hydroxyl groups is 1. The van der Waals surface area contributed by atoms with Crippen molar-refractivity contribution >= 4 is 33.6 Å². The van der Waals surface area contributed by atoms with Crippen LogP contribution in [0.2, 0.25) is 0 Å². The number of para-hydroxylation sites is 2. The largest absolute Gasteiger partial charge is 0.507 e. The van der Waals surface area contributed by atoms with Gasteiger partial charge in [-0.25, -0.2) is 4.98 Å². The number of fused-ring (bicyclic) bond motifs is 3. The second-order valence-corrected chi connectivity index (χ2v) is 8.56. The number of carbonyl (C=O) groups excluding carboxylic acids is 2. The van der Waals surface area contributed by atoms with Crippen molar-refractivity contribution in [2.75, 3.05) is 20.2 Å². The van der Waals surface area contributed by atoms with Gasteiger partial charge in [-0.2, -0.15) is 0 Å². The van der Waals surface area contributed by atoms with Crippen molar-refractivity contribution in [2.45, 2.75) is 6.42 Å². The van der Waals surface area contributed by atoms with Crippen LogP contribution in [0.15, 0.2) is 78.9 Å². The summed E-state index contributed by atoms with van der Waals surface area (Å²) in [5.74, 6) is 0.00816. The highest BCUT2D eigenvalue weighted by Crippen LogP contribution is 2.33. The van der Waals surface area contributed by atoms with Crippen molar-refractivity contribution in [1.82, 2.24) is 20.6 Å². The van der Waals surface area contributed by atoms with Crippen molar-refractivity contribution in [2.24, 2.45) is 0 Å². The number of H-pyrrole nitrogens is 1. The minimum Gasteiger partial charge on any atom is -0.507 e. The molecule has 186 valence electrons. The Morgan fingerprint density at radius 2 is 1.59 bits per heavy atom. The lowest BCUT2D eigenvalue weighted by Crippen LogP contribution is -2.30. The zero-order valence-corrected chi connectivity index (χ0v) is 20.2. The fourth-order valence-corrected chi connectivity index (χ4v) is 4.26. The van der Waals surface area contributed by atoms with E-state index in [-0.39, 0.29) is 23.1 Å². The number of aromatic amines is 1. The quantitative estimate of drug-likeness (QED) is 0.234. The number of nitrogens with one attached hydrogen (secondary N) is 3. The van der Waals surface area contributed by atoms with Crippen molar-refractivity contribution in [3.05, 3.63) is 90.1 Å². The van der Waals surface area contributed by atoms with Gasteiger partial charge in [-0.05, 0) is 55.0 Å². The van der Waals surface area contributed by atoms with Crippen molar-refractivity contribution in [3.63, 3.8) is 0 Å². The number of nitrogens with zero attached hydrogens (tertiary/aromatic N) is 1. The van der Waals surface area contributed by atoms with E-state index < -0.39 is 0 Å². The van der Waals surface area contributed by atoms with Gasteiger partial charge in [-0.15, -0.1) is 0 Å². The molecule has 0 aliphatic carbocycles. The van der Waals surface area contributed by atoms with E-state index >= 15 is 0 Å². The van der Waals surface area contributed by atoms with Gasteiger partial charge in [-0.1, -0.05) is 30.3 Å². The predicted octanol–water partition coefficient (Wildman–Crippen LogP) is 4.65. The fraction of sp³-hybridized carbons (Fsp3) is 0.138. The molecule has 0 unspecified atom stereocenters. The SMILES string of the molecule is COc1ccc(-c2nc(C(=O)NCCCNC(=O)c3ccccc3O)cc3c2[nH]c2ccccc23)cc1. The molecule has 0 aliphatic heterocycles. The van der Waals surface area contributed by atoms with Crippen LogP contribution in [-0.4, -0.2) is 47.1 Å². The van der Waals surface area contributed by atoms with E-state index in [1.54, 1.807) is 31.4 Å². The topological polar surface area (TPSA) is 116 Å². The number of methoxy groups -OCH3 is 1. The van der Waals surface area contributed by atoms with Crippen LogP contribution >= 0.6 is 0 Å². The molecule has 2 amide bonds. The summed E-state index contributed by atoms with van der Waals surface area (Å²) in [5, 5.41) is 17.4. The maximum absolute atomic E-state index is 13.1. The molecule has 5 rings (SSSR count). The first kappa shape index (κ1) is 23.9. The van der Waals surface area contributed by atoms with Crippen LogP contribution in [0, 0.1) is 0 Å². The molecule has 0 aliphatic rings. The highest BCUT2D eigenvalue weighted by molar-refractivity contribution is 6.13. The van der Waals surface area contributed by atoms with Gasteiger partial charge in [0.1, 0.15) is 17.2 Å². The minimum atomic E-state index is -0.361. The predicted molar refractivity (Wildman–Crippen MR) is 143 cm³/mol. The van der Waals surface area contributed by atoms with E-state index in [4.69, 9.17) is 9.72 Å². The number of benzene rings is 3. The Bertz CT molecular complexity index is 1590. The lowest BCUT2D eigenvalue weighted by atomic mass is 10.1. The molecule has 2 heterocycles. The number of phenols is 1. The average molecular weight is 495 g/mol. The van der Waals surface area contributed by atoms with Gasteiger partial charge in [0, 0.05) is 34.9 Å². The highest BCUT2D eigenvalue weighted by Gasteiger charge is 2.17. The Balaban J connectivity index is 1.33. The third kappa shape index (κ3) is 4.95. The number of hydrogen-bond acceptors (Lipinski definition) is 5. The zero-order valence-electron chi connectivity index (χ0n) is 20.2. The second kappa shape index (κ2) is 10.4. The second-order valence-electron chi connectivity index (χ2n) is 8.56. The summed E-state index contributed by atoms with van der Waals surface area (Å²) in [7, 11) is 1.62. The van der Waals surface area contributed by atoms with Gasteiger partial charge in [0.25, 0.3) is 11.8 Å². The summed E-state index contributed by atoms with van der Waals surface area (Å²) >= 11 is 0. The molecule has 0 radical (unpaired) electrons. The monoisotopic (exact) mass is 494 g/mol. The average Bonchev–Trinajstić information content (AvgIpc) is 3.31. The van der Waals surface area contributed by atoms with Gasteiger partial charge in [0.05, 0.1) is 23.9 Å². The molecule has 2 aromatic heterocycles. The van der Waals surface area contributed by atoms with Crippen LogP contribution in [0.3, 0.4) is 0 Å². The van der Waals surface area contributed by atoms with Gasteiger partial charge in [0.15, 0.2) is 0 Å². The number of aromatic nitrogens is 2. The number of hydrogen-bond donors (Lipinski definition) is 4. The smallest absolute Gasteiger partial charge is 0.269 e. The van der Waals surface area contributed by atoms with E-state index in [2.05, 4.69) is 15.6 Å². The summed E-state index contributed by atoms with van der Waals surface area (Å²) < 4.78 is 5.28. The van der Waals surface area contributed by atoms with Gasteiger partial charge in [-0.3, -0.25) is 9.59 Å². The number of rotatable bonds is 8. The number of ether oxygens (including phenoxy) is 1. The summed E-state index contributed by atoms with van der Waals surface area (Å²) in [6, 6.07) is 23.7. The summed E-state index contributed by atoms with van der Waals surface area (Å²) in [5.41, 5.74) is 3.88. The van der Waals surface area contributed by atoms with Gasteiger partial charge >= 0.3 is 0 Å². The standard InChI is InChI=1S/C29H26N4O4/c1-37-19-13-11-18(12-14-19)26-27-22(20-7-2-4-9-23(20)32-27)17-24(33-26)29(36)31-16-6-15-30-28(35)21-8-3-5-10-25(21)34/h2-5,7-14,17,32,34H,6,15-16H2,1H3,(H,30,35)(H,31,36). The van der Waals surface area contributed by atoms with Crippen LogP contribution in [0.1, 0.15) is 27.3 Å². The van der Waals surface area contributed by atoms with E-state index in [9.17, 15) is 14.7 Å². The van der Waals surface area contributed by atoms with Crippen LogP contribution in [-0.2, 0) is 0 Å². The first-order valence-corrected chi connectivity index (χ1v) is 12.0. The van der Waals surface area contributed by atoms with Gasteiger partial charge in [0.2, 0.25) is 0 Å². The number of amides is 2. The molecule has 37 heavy (non-hydrogen) atoms. The molecule has 5 aromatic rings. The van der Waals surface area contributed by atoms with Crippen molar-refractivity contribution in [3.8, 4) is 22.8 Å². The number of carbonyl (C=O) groups is 2. The molecule has 0 bridgehead atoms. The number of phenolic OH excluding ortho intramolecular Hbond substituents is 1. The van der Waals surface area contributed by atoms with Crippen LogP contribution in [0.5, 0.6) is 11.5 Å². The Morgan fingerprint density at radius 1 is 0.892 bits per heavy atom. The molecule has 0 spiro atoms. The molecule has 8 nitrogen and oxygen atoms in total. The Hall–Kier alpha value is -4.85. The van der Waals surface area contributed by atoms with E-state index in [0.717, 1.165) is 33.1 Å². The zero-order chi connectivity index (χ0) is 25.8. The Labute approximate surface area is 213 Å². The van der Waals surface area contributed by atoms with E-state index in [1.807, 2.05) is 48.5 Å². The molecule has 0 saturated heterocycles. The maximum atomic E-state index is 13.1. The molecule has 3 aromatic carbocycles. The Kier molecular flexibility index (Phi) is 6.72. The molecular weight excluding hydrogens is 468 g/mol. The molecular formula is C29H26N4O4. The fourth-order valence-electron chi connectivity index (χ4n) is 4.26. The van der Waals surface area contributed by atoms with E-state index in [0.29, 0.717) is 30.9 Å². The minimum absolute atomic E-state index is 0.0697. The van der Waals surface area contributed by atoms with Gasteiger partial charge < -0.3 is 25.5 Å². The van der Waals surface area contributed by atoms with Crippen LogP contribution in [0.4, 0.5) is 0 Å². The summed E-state index contributed by atoms with van der Waals surface area (Å²) in [4.78, 5) is 33.5. The molecule has 0 fully saturated rings. The first-order chi connectivity index (χ1) is 18.0. The van der Waals surface area contributed by atoms with Crippen molar-refractivity contribution in [1.29, 1.82) is 0 Å². The lowest BCUT2D eigenvalue weighted by Gasteiger charge is -2.10. The third-order valence-electron chi connectivity index (χ3n) is 6.17. The summed E-state index contributed by atoms with van der Waals surface area (Å²) in [6.45, 7) is 0.699. The van der Waals surface area contributed by atoms with Crippen molar-refractivity contribution < 1.29 is 19.4 Å². The normalized spacial score (nSPS) is 10.9. The molecule has 8 heteroatoms. The third-order valence-corrected chi connectivity index (χ3v) is 6.17. The molecule has 0 saturated carbocycles. The highest BCUT2D eigenvalue weighted by atomic mass is 16.5. The number of pyridine rings is 1. The maximum Gasteiger partial charge on any atom is 0.269 e. The van der Waals surface area contributed by atoms with Crippen LogP contribution in [0.25, 0.3) is 33.1 Å².